The van der Waals surface area contributed by atoms with E-state index in [2.05, 4.69) is 21.0 Å². The zero-order valence-corrected chi connectivity index (χ0v) is 11.6. The summed E-state index contributed by atoms with van der Waals surface area (Å²) in [4.78, 5) is 13.1. The number of aryl methyl sites for hydroxylation is 1. The Morgan fingerprint density at radius 3 is 2.45 bits per heavy atom. The fourth-order valence-corrected chi connectivity index (χ4v) is 2.50. The van der Waals surface area contributed by atoms with Gasteiger partial charge in [0, 0.05) is 23.3 Å². The molecule has 0 unspecified atom stereocenters. The van der Waals surface area contributed by atoms with Crippen LogP contribution >= 0.6 is 11.3 Å². The number of hydrogen-bond donors (Lipinski definition) is 0. The molecule has 0 aliphatic carbocycles. The molecule has 3 aromatic rings. The van der Waals surface area contributed by atoms with Crippen LogP contribution in [0.2, 0.25) is 0 Å². The molecule has 0 aliphatic heterocycles. The molecule has 3 rings (SSSR count). The Labute approximate surface area is 120 Å². The highest BCUT2D eigenvalue weighted by atomic mass is 32.1. The van der Waals surface area contributed by atoms with Gasteiger partial charge in [-0.1, -0.05) is 12.1 Å². The van der Waals surface area contributed by atoms with Crippen molar-refractivity contribution in [2.75, 3.05) is 0 Å². The normalized spacial score (nSPS) is 10.2. The van der Waals surface area contributed by atoms with Crippen LogP contribution in [0.1, 0.15) is 11.1 Å². The number of benzene rings is 1. The largest absolute Gasteiger partial charge is 0.234 e. The second-order valence-corrected chi connectivity index (χ2v) is 5.17. The molecule has 0 aliphatic rings. The molecule has 2 aromatic heterocycles. The third kappa shape index (κ3) is 2.42. The number of nitrogens with zero attached hydrogens (tertiary/aromatic N) is 4. The van der Waals surface area contributed by atoms with Crippen LogP contribution in [0.15, 0.2) is 42.0 Å². The molecule has 0 saturated heterocycles. The summed E-state index contributed by atoms with van der Waals surface area (Å²) in [7, 11) is 0. The molecule has 0 spiro atoms. The number of rotatable bonds is 2. The van der Waals surface area contributed by atoms with Crippen molar-refractivity contribution in [1.29, 1.82) is 5.26 Å². The molecule has 2 heterocycles. The highest BCUT2D eigenvalue weighted by Gasteiger charge is 2.08. The van der Waals surface area contributed by atoms with Gasteiger partial charge in [0.25, 0.3) is 0 Å². The van der Waals surface area contributed by atoms with Gasteiger partial charge in [-0.2, -0.15) is 5.26 Å². The van der Waals surface area contributed by atoms with Gasteiger partial charge in [0.05, 0.1) is 17.3 Å². The van der Waals surface area contributed by atoms with Crippen molar-refractivity contribution in [2.45, 2.75) is 6.92 Å². The van der Waals surface area contributed by atoms with Crippen LogP contribution in [0.25, 0.3) is 22.1 Å². The van der Waals surface area contributed by atoms with E-state index >= 15 is 0 Å². The Bertz CT molecular complexity index is 767. The van der Waals surface area contributed by atoms with Gasteiger partial charge in [0.15, 0.2) is 10.8 Å². The van der Waals surface area contributed by atoms with Gasteiger partial charge in [-0.05, 0) is 24.6 Å². The standard InChI is InChI=1S/C15H10N4S/c1-10-7-17-14(18-8-10)15-19-13(9-20-15)12-4-2-11(6-16)3-5-12/h2-5,7-9H,1H3. The van der Waals surface area contributed by atoms with Gasteiger partial charge >= 0.3 is 0 Å². The Balaban J connectivity index is 1.93. The molecule has 4 nitrogen and oxygen atoms in total. The van der Waals surface area contributed by atoms with Gasteiger partial charge in [-0.15, -0.1) is 11.3 Å². The van der Waals surface area contributed by atoms with Crippen molar-refractivity contribution in [3.8, 4) is 28.2 Å². The molecule has 20 heavy (non-hydrogen) atoms. The van der Waals surface area contributed by atoms with E-state index in [0.717, 1.165) is 21.8 Å². The zero-order valence-electron chi connectivity index (χ0n) is 10.7. The average molecular weight is 278 g/mol. The van der Waals surface area contributed by atoms with Gasteiger partial charge in [-0.25, -0.2) is 15.0 Å². The van der Waals surface area contributed by atoms with Gasteiger partial charge < -0.3 is 0 Å². The van der Waals surface area contributed by atoms with E-state index in [4.69, 9.17) is 5.26 Å². The molecule has 5 heteroatoms. The molecule has 1 aromatic carbocycles. The first-order valence-corrected chi connectivity index (χ1v) is 6.89. The lowest BCUT2D eigenvalue weighted by molar-refractivity contribution is 1.13. The maximum Gasteiger partial charge on any atom is 0.188 e. The maximum atomic E-state index is 8.79. The summed E-state index contributed by atoms with van der Waals surface area (Å²) in [6, 6.07) is 9.47. The summed E-state index contributed by atoms with van der Waals surface area (Å²) in [5.74, 6) is 0.639. The van der Waals surface area contributed by atoms with Crippen LogP contribution in [-0.2, 0) is 0 Å². The Morgan fingerprint density at radius 1 is 1.10 bits per heavy atom. The van der Waals surface area contributed by atoms with E-state index < -0.39 is 0 Å². The zero-order chi connectivity index (χ0) is 13.9. The quantitative estimate of drug-likeness (QED) is 0.720. The van der Waals surface area contributed by atoms with E-state index in [1.807, 2.05) is 24.4 Å². The predicted molar refractivity (Wildman–Crippen MR) is 78.0 cm³/mol. The third-order valence-electron chi connectivity index (χ3n) is 2.79. The lowest BCUT2D eigenvalue weighted by Crippen LogP contribution is -1.88. The van der Waals surface area contributed by atoms with Crippen LogP contribution in [-0.4, -0.2) is 15.0 Å². The van der Waals surface area contributed by atoms with Crippen LogP contribution in [0.4, 0.5) is 0 Å². The predicted octanol–water partition coefficient (Wildman–Crippen LogP) is 3.45. The van der Waals surface area contributed by atoms with Crippen LogP contribution in [0, 0.1) is 18.3 Å². The van der Waals surface area contributed by atoms with Crippen molar-refractivity contribution >= 4 is 11.3 Å². The second-order valence-electron chi connectivity index (χ2n) is 4.31. The minimum atomic E-state index is 0.639. The van der Waals surface area contributed by atoms with Gasteiger partial charge in [-0.3, -0.25) is 0 Å². The highest BCUT2D eigenvalue weighted by Crippen LogP contribution is 2.26. The highest BCUT2D eigenvalue weighted by molar-refractivity contribution is 7.13. The molecule has 0 atom stereocenters. The number of nitriles is 1. The average Bonchev–Trinajstić information content (AvgIpc) is 2.98. The molecular weight excluding hydrogens is 268 g/mol. The minimum Gasteiger partial charge on any atom is -0.234 e. The Hall–Kier alpha value is -2.58. The topological polar surface area (TPSA) is 62.5 Å². The van der Waals surface area contributed by atoms with Crippen molar-refractivity contribution < 1.29 is 0 Å². The second kappa shape index (κ2) is 5.19. The summed E-state index contributed by atoms with van der Waals surface area (Å²) in [6.45, 7) is 1.95. The number of aromatic nitrogens is 3. The van der Waals surface area contributed by atoms with Crippen LogP contribution in [0.5, 0.6) is 0 Å². The van der Waals surface area contributed by atoms with Crippen LogP contribution in [0.3, 0.4) is 0 Å². The fourth-order valence-electron chi connectivity index (χ4n) is 1.73. The minimum absolute atomic E-state index is 0.639. The molecule has 0 saturated carbocycles. The van der Waals surface area contributed by atoms with E-state index in [1.165, 1.54) is 11.3 Å². The summed E-state index contributed by atoms with van der Waals surface area (Å²) >= 11 is 1.51. The Kier molecular flexibility index (Phi) is 3.23. The van der Waals surface area contributed by atoms with Crippen molar-refractivity contribution in [3.05, 3.63) is 53.2 Å². The molecule has 0 radical (unpaired) electrons. The van der Waals surface area contributed by atoms with Crippen LogP contribution < -0.4 is 0 Å². The maximum absolute atomic E-state index is 8.79. The molecule has 0 N–H and O–H groups in total. The van der Waals surface area contributed by atoms with Gasteiger partial charge in [0.1, 0.15) is 0 Å². The fraction of sp³-hybridized carbons (Fsp3) is 0.0667. The third-order valence-corrected chi connectivity index (χ3v) is 3.62. The number of thiazole rings is 1. The van der Waals surface area contributed by atoms with Crippen molar-refractivity contribution in [1.82, 2.24) is 15.0 Å². The van der Waals surface area contributed by atoms with Crippen molar-refractivity contribution in [3.63, 3.8) is 0 Å². The number of hydrogen-bond acceptors (Lipinski definition) is 5. The van der Waals surface area contributed by atoms with Gasteiger partial charge in [0.2, 0.25) is 0 Å². The molecule has 0 fully saturated rings. The molecule has 0 bridgehead atoms. The van der Waals surface area contributed by atoms with E-state index in [-0.39, 0.29) is 0 Å². The molecule has 0 amide bonds. The first-order valence-electron chi connectivity index (χ1n) is 6.01. The summed E-state index contributed by atoms with van der Waals surface area (Å²) in [6.07, 6.45) is 3.57. The summed E-state index contributed by atoms with van der Waals surface area (Å²) in [5, 5.41) is 11.6. The lowest BCUT2D eigenvalue weighted by Gasteiger charge is -1.97. The molecular formula is C15H10N4S. The van der Waals surface area contributed by atoms with Crippen molar-refractivity contribution in [2.24, 2.45) is 0 Å². The monoisotopic (exact) mass is 278 g/mol. The smallest absolute Gasteiger partial charge is 0.188 e. The summed E-state index contributed by atoms with van der Waals surface area (Å²) < 4.78 is 0. The van der Waals surface area contributed by atoms with E-state index in [0.29, 0.717) is 11.4 Å². The Morgan fingerprint density at radius 2 is 1.80 bits per heavy atom. The first-order chi connectivity index (χ1) is 9.76. The summed E-state index contributed by atoms with van der Waals surface area (Å²) in [5.41, 5.74) is 3.53. The van der Waals surface area contributed by atoms with E-state index in [1.54, 1.807) is 24.5 Å². The SMILES string of the molecule is Cc1cnc(-c2nc(-c3ccc(C#N)cc3)cs2)nc1. The first kappa shape index (κ1) is 12.5. The lowest BCUT2D eigenvalue weighted by atomic mass is 10.1. The van der Waals surface area contributed by atoms with E-state index in [9.17, 15) is 0 Å². The molecule has 96 valence electrons.